The second kappa shape index (κ2) is 7.91. The fourth-order valence-corrected chi connectivity index (χ4v) is 2.37. The van der Waals surface area contributed by atoms with E-state index < -0.39 is 36.0 Å². The summed E-state index contributed by atoms with van der Waals surface area (Å²) < 4.78 is 0. The summed E-state index contributed by atoms with van der Waals surface area (Å²) in [6.45, 7) is 1.37. The Balaban J connectivity index is 2.32. The molecular weight excluding hydrogens is 282 g/mol. The fraction of sp³-hybridized carbons (Fsp3) is 0.750. The maximum Gasteiger partial charge on any atom is 0.133 e. The smallest absolute Gasteiger partial charge is 0.133 e. The van der Waals surface area contributed by atoms with Crippen LogP contribution in [-0.2, 0) is 14.4 Å². The Kier molecular flexibility index (Phi) is 6.53. The number of carboxylic acids is 3. The van der Waals surface area contributed by atoms with E-state index in [1.165, 1.54) is 5.32 Å². The lowest BCUT2D eigenvalue weighted by Crippen LogP contribution is -3.23. The van der Waals surface area contributed by atoms with Crippen LogP contribution in [0.2, 0.25) is 0 Å². The molecule has 1 fully saturated rings. The van der Waals surface area contributed by atoms with Crippen LogP contribution in [0.15, 0.2) is 0 Å². The van der Waals surface area contributed by atoms with Crippen LogP contribution >= 0.6 is 0 Å². The van der Waals surface area contributed by atoms with Gasteiger partial charge in [-0.05, 0) is 0 Å². The molecule has 0 aromatic heterocycles. The summed E-state index contributed by atoms with van der Waals surface area (Å²) in [5, 5.41) is 33.7. The van der Waals surface area contributed by atoms with Gasteiger partial charge in [-0.3, -0.25) is 0 Å². The molecule has 120 valence electrons. The Morgan fingerprint density at radius 2 is 1.86 bits per heavy atom. The summed E-state index contributed by atoms with van der Waals surface area (Å²) >= 11 is 0. The Labute approximate surface area is 121 Å². The third kappa shape index (κ3) is 5.29. The van der Waals surface area contributed by atoms with Crippen molar-refractivity contribution in [3.05, 3.63) is 0 Å². The number of hydrogen-bond donors (Lipinski definition) is 3. The molecule has 0 bridgehead atoms. The second-order valence-corrected chi connectivity index (χ2v) is 5.36. The van der Waals surface area contributed by atoms with Gasteiger partial charge >= 0.3 is 0 Å². The largest absolute Gasteiger partial charge is 0.544 e. The quantitative estimate of drug-likeness (QED) is 0.362. The molecule has 0 aromatic carbocycles. The minimum absolute atomic E-state index is 0.199. The van der Waals surface area contributed by atoms with Gasteiger partial charge in [-0.15, -0.1) is 0 Å². The van der Waals surface area contributed by atoms with Crippen molar-refractivity contribution in [2.45, 2.75) is 37.4 Å². The average Bonchev–Trinajstić information content (AvgIpc) is 2.34. The number of rotatable bonds is 10. The van der Waals surface area contributed by atoms with E-state index in [-0.39, 0.29) is 19.4 Å². The SMILES string of the molecule is [NH3+]C(CC[NH2+]C(CC[NH+]1CCC1C(=O)[O-])C(=O)[O-])C(=O)[O-]. The first-order chi connectivity index (χ1) is 9.82. The predicted octanol–water partition coefficient (Wildman–Crippen LogP) is -8.78. The van der Waals surface area contributed by atoms with E-state index in [0.29, 0.717) is 19.5 Å². The first-order valence-corrected chi connectivity index (χ1v) is 6.96. The Hall–Kier alpha value is -1.71. The van der Waals surface area contributed by atoms with E-state index >= 15 is 0 Å². The predicted molar refractivity (Wildman–Crippen MR) is 60.6 cm³/mol. The molecule has 1 saturated heterocycles. The molecule has 1 aliphatic rings. The fourth-order valence-electron chi connectivity index (χ4n) is 2.37. The number of carbonyl (C=O) groups excluding carboxylic acids is 3. The first kappa shape index (κ1) is 17.3. The summed E-state index contributed by atoms with van der Waals surface area (Å²) in [7, 11) is 0. The minimum Gasteiger partial charge on any atom is -0.544 e. The highest BCUT2D eigenvalue weighted by molar-refractivity contribution is 5.70. The van der Waals surface area contributed by atoms with Gasteiger partial charge in [0.05, 0.1) is 56.8 Å². The zero-order valence-corrected chi connectivity index (χ0v) is 11.7. The van der Waals surface area contributed by atoms with Crippen molar-refractivity contribution >= 4 is 17.9 Å². The van der Waals surface area contributed by atoms with Crippen molar-refractivity contribution in [1.29, 1.82) is 0 Å². The molecule has 0 radical (unpaired) electrons. The van der Waals surface area contributed by atoms with Crippen LogP contribution < -0.4 is 31.3 Å². The highest BCUT2D eigenvalue weighted by Crippen LogP contribution is 1.94. The van der Waals surface area contributed by atoms with Crippen molar-refractivity contribution in [3.63, 3.8) is 0 Å². The number of quaternary nitrogens is 3. The number of hydrogen-bond acceptors (Lipinski definition) is 6. The summed E-state index contributed by atoms with van der Waals surface area (Å²) in [6.07, 6.45) is 1.01. The first-order valence-electron chi connectivity index (χ1n) is 6.96. The topological polar surface area (TPSA) is 169 Å². The van der Waals surface area contributed by atoms with Gasteiger partial charge in [-0.25, -0.2) is 0 Å². The summed E-state index contributed by atoms with van der Waals surface area (Å²) in [4.78, 5) is 33.1. The molecule has 1 aliphatic heterocycles. The zero-order chi connectivity index (χ0) is 16.0. The molecule has 1 rings (SSSR count). The molecular formula is C12H21N3O6. The van der Waals surface area contributed by atoms with Crippen LogP contribution in [0, 0.1) is 0 Å². The van der Waals surface area contributed by atoms with Gasteiger partial charge in [0.1, 0.15) is 18.1 Å². The standard InChI is InChI=1S/C12H21N3O6/c13-7(10(16)17)1-4-14-8(11(18)19)2-5-15-6-3-9(15)12(20)21/h7-9,14H,1-6,13H2,(H,16,17)(H,18,19)(H,20,21). The van der Waals surface area contributed by atoms with Crippen molar-refractivity contribution in [1.82, 2.24) is 0 Å². The summed E-state index contributed by atoms with van der Waals surface area (Å²) in [5.74, 6) is -3.62. The van der Waals surface area contributed by atoms with Gasteiger partial charge in [0, 0.05) is 0 Å². The van der Waals surface area contributed by atoms with Gasteiger partial charge in [0.25, 0.3) is 0 Å². The molecule has 9 nitrogen and oxygen atoms in total. The van der Waals surface area contributed by atoms with Crippen LogP contribution in [0.1, 0.15) is 19.3 Å². The third-order valence-corrected chi connectivity index (χ3v) is 3.91. The maximum absolute atomic E-state index is 11.0. The molecule has 0 aliphatic carbocycles. The van der Waals surface area contributed by atoms with E-state index in [1.807, 2.05) is 0 Å². The lowest BCUT2D eigenvalue weighted by atomic mass is 10.0. The molecule has 6 N–H and O–H groups in total. The van der Waals surface area contributed by atoms with Crippen LogP contribution in [0.25, 0.3) is 0 Å². The number of carboxylic acid groups (broad SMARTS) is 3. The normalized spacial score (nSPS) is 23.9. The molecule has 0 spiro atoms. The van der Waals surface area contributed by atoms with Crippen molar-refractivity contribution in [3.8, 4) is 0 Å². The molecule has 9 heteroatoms. The molecule has 4 atom stereocenters. The molecule has 1 heterocycles. The van der Waals surface area contributed by atoms with E-state index in [9.17, 15) is 29.7 Å². The van der Waals surface area contributed by atoms with Gasteiger partial charge in [0.2, 0.25) is 0 Å². The van der Waals surface area contributed by atoms with E-state index in [4.69, 9.17) is 0 Å². The molecule has 0 amide bonds. The van der Waals surface area contributed by atoms with Crippen molar-refractivity contribution < 1.29 is 45.7 Å². The Morgan fingerprint density at radius 3 is 2.29 bits per heavy atom. The van der Waals surface area contributed by atoms with Gasteiger partial charge in [-0.1, -0.05) is 0 Å². The monoisotopic (exact) mass is 303 g/mol. The van der Waals surface area contributed by atoms with Gasteiger partial charge in [-0.2, -0.15) is 0 Å². The Bertz CT molecular complexity index is 402. The number of aliphatic carboxylic acids is 3. The number of carbonyl (C=O) groups is 3. The molecule has 4 unspecified atom stereocenters. The third-order valence-electron chi connectivity index (χ3n) is 3.91. The summed E-state index contributed by atoms with van der Waals surface area (Å²) in [5.41, 5.74) is 3.38. The second-order valence-electron chi connectivity index (χ2n) is 5.36. The van der Waals surface area contributed by atoms with Crippen LogP contribution in [-0.4, -0.2) is 55.7 Å². The van der Waals surface area contributed by atoms with Gasteiger partial charge in [0.15, 0.2) is 0 Å². The van der Waals surface area contributed by atoms with Crippen molar-refractivity contribution in [2.75, 3.05) is 19.6 Å². The van der Waals surface area contributed by atoms with E-state index in [2.05, 4.69) is 5.73 Å². The van der Waals surface area contributed by atoms with E-state index in [0.717, 1.165) is 4.90 Å². The van der Waals surface area contributed by atoms with Crippen molar-refractivity contribution in [2.24, 2.45) is 0 Å². The maximum atomic E-state index is 11.0. The van der Waals surface area contributed by atoms with E-state index in [1.54, 1.807) is 0 Å². The zero-order valence-electron chi connectivity index (χ0n) is 11.7. The average molecular weight is 303 g/mol. The van der Waals surface area contributed by atoms with Gasteiger partial charge < -0.3 is 45.7 Å². The highest BCUT2D eigenvalue weighted by Gasteiger charge is 2.34. The number of likely N-dealkylation sites (tertiary alicyclic amines) is 1. The molecule has 0 saturated carbocycles. The van der Waals surface area contributed by atoms with Crippen LogP contribution in [0.4, 0.5) is 0 Å². The lowest BCUT2D eigenvalue weighted by molar-refractivity contribution is -0.960. The number of nitrogens with two attached hydrogens (primary N) is 1. The van der Waals surface area contributed by atoms with Crippen LogP contribution in [0.5, 0.6) is 0 Å². The lowest BCUT2D eigenvalue weighted by Gasteiger charge is -2.38. The Morgan fingerprint density at radius 1 is 1.19 bits per heavy atom. The highest BCUT2D eigenvalue weighted by atomic mass is 16.4. The molecule has 0 aromatic rings. The number of nitrogens with one attached hydrogen (secondary N) is 1. The van der Waals surface area contributed by atoms with Crippen LogP contribution in [0.3, 0.4) is 0 Å². The molecule has 21 heavy (non-hydrogen) atoms. The summed E-state index contributed by atoms with van der Waals surface area (Å²) in [6, 6.07) is -2.27. The minimum atomic E-state index is -1.27.